The highest BCUT2D eigenvalue weighted by Crippen LogP contribution is 2.22. The van der Waals surface area contributed by atoms with E-state index in [0.29, 0.717) is 5.75 Å². The van der Waals surface area contributed by atoms with Crippen LogP contribution in [0.15, 0.2) is 12.1 Å². The predicted molar refractivity (Wildman–Crippen MR) is 65.8 cm³/mol. The first kappa shape index (κ1) is 13.0. The molecule has 0 aromatic heterocycles. The molecule has 0 saturated carbocycles. The van der Waals surface area contributed by atoms with Crippen LogP contribution < -0.4 is 5.32 Å². The van der Waals surface area contributed by atoms with Gasteiger partial charge in [-0.2, -0.15) is 0 Å². The molecule has 0 bridgehead atoms. The normalized spacial score (nSPS) is 10.7. The molecule has 0 heterocycles. The SMILES string of the molecule is COCCCNCc1cc(C)c(O)c(C)c1. The number of hydrogen-bond acceptors (Lipinski definition) is 3. The van der Waals surface area contributed by atoms with E-state index in [9.17, 15) is 5.11 Å². The van der Waals surface area contributed by atoms with E-state index < -0.39 is 0 Å². The van der Waals surface area contributed by atoms with E-state index in [1.54, 1.807) is 7.11 Å². The van der Waals surface area contributed by atoms with Crippen LogP contribution in [0.5, 0.6) is 5.75 Å². The van der Waals surface area contributed by atoms with Gasteiger partial charge in [0.05, 0.1) is 0 Å². The molecule has 0 atom stereocenters. The van der Waals surface area contributed by atoms with Crippen LogP contribution in [0.1, 0.15) is 23.1 Å². The van der Waals surface area contributed by atoms with Gasteiger partial charge < -0.3 is 15.2 Å². The molecule has 90 valence electrons. The Morgan fingerprint density at radius 2 is 1.88 bits per heavy atom. The van der Waals surface area contributed by atoms with Gasteiger partial charge in [-0.25, -0.2) is 0 Å². The van der Waals surface area contributed by atoms with Crippen LogP contribution in [0.25, 0.3) is 0 Å². The van der Waals surface area contributed by atoms with E-state index in [2.05, 4.69) is 5.32 Å². The molecule has 0 radical (unpaired) electrons. The van der Waals surface area contributed by atoms with E-state index >= 15 is 0 Å². The maximum absolute atomic E-state index is 9.64. The van der Waals surface area contributed by atoms with E-state index in [1.807, 2.05) is 26.0 Å². The molecule has 1 rings (SSSR count). The molecule has 0 amide bonds. The lowest BCUT2D eigenvalue weighted by Gasteiger charge is -2.09. The molecule has 0 spiro atoms. The van der Waals surface area contributed by atoms with Crippen molar-refractivity contribution in [2.24, 2.45) is 0 Å². The number of ether oxygens (including phenoxy) is 1. The number of benzene rings is 1. The van der Waals surface area contributed by atoms with Gasteiger partial charge in [0.1, 0.15) is 5.75 Å². The van der Waals surface area contributed by atoms with Gasteiger partial charge in [0.25, 0.3) is 0 Å². The number of aromatic hydroxyl groups is 1. The third-order valence-corrected chi connectivity index (χ3v) is 2.58. The van der Waals surface area contributed by atoms with Crippen LogP contribution in [-0.2, 0) is 11.3 Å². The average molecular weight is 223 g/mol. The zero-order valence-corrected chi connectivity index (χ0v) is 10.3. The summed E-state index contributed by atoms with van der Waals surface area (Å²) < 4.78 is 4.98. The van der Waals surface area contributed by atoms with Gasteiger partial charge in [-0.15, -0.1) is 0 Å². The van der Waals surface area contributed by atoms with Gasteiger partial charge >= 0.3 is 0 Å². The van der Waals surface area contributed by atoms with Gasteiger partial charge in [-0.1, -0.05) is 12.1 Å². The molecular weight excluding hydrogens is 202 g/mol. The summed E-state index contributed by atoms with van der Waals surface area (Å²) in [6.07, 6.45) is 1.02. The van der Waals surface area contributed by atoms with Crippen molar-refractivity contribution in [1.82, 2.24) is 5.32 Å². The number of phenols is 1. The highest BCUT2D eigenvalue weighted by atomic mass is 16.5. The number of aryl methyl sites for hydroxylation is 2. The molecule has 0 saturated heterocycles. The van der Waals surface area contributed by atoms with Gasteiger partial charge in [0.15, 0.2) is 0 Å². The fourth-order valence-corrected chi connectivity index (χ4v) is 1.72. The molecule has 3 heteroatoms. The Morgan fingerprint density at radius 1 is 1.25 bits per heavy atom. The zero-order chi connectivity index (χ0) is 12.0. The quantitative estimate of drug-likeness (QED) is 0.726. The summed E-state index contributed by atoms with van der Waals surface area (Å²) in [5.74, 6) is 0.406. The monoisotopic (exact) mass is 223 g/mol. The summed E-state index contributed by atoms with van der Waals surface area (Å²) in [6.45, 7) is 6.44. The fraction of sp³-hybridized carbons (Fsp3) is 0.538. The summed E-state index contributed by atoms with van der Waals surface area (Å²) in [7, 11) is 1.71. The second-order valence-corrected chi connectivity index (χ2v) is 4.10. The highest BCUT2D eigenvalue weighted by Gasteiger charge is 2.02. The molecule has 3 nitrogen and oxygen atoms in total. The Labute approximate surface area is 97.4 Å². The summed E-state index contributed by atoms with van der Waals surface area (Å²) in [5.41, 5.74) is 3.09. The Hall–Kier alpha value is -1.06. The molecule has 0 fully saturated rings. The van der Waals surface area contributed by atoms with Crippen LogP contribution in [-0.4, -0.2) is 25.4 Å². The first-order valence-corrected chi connectivity index (χ1v) is 5.64. The van der Waals surface area contributed by atoms with Crippen molar-refractivity contribution in [2.45, 2.75) is 26.8 Å². The number of phenolic OH excluding ortho intramolecular Hbond substituents is 1. The van der Waals surface area contributed by atoms with Crippen molar-refractivity contribution in [1.29, 1.82) is 0 Å². The highest BCUT2D eigenvalue weighted by molar-refractivity contribution is 5.42. The smallest absolute Gasteiger partial charge is 0.121 e. The minimum atomic E-state index is 0.406. The lowest BCUT2D eigenvalue weighted by atomic mass is 10.1. The third-order valence-electron chi connectivity index (χ3n) is 2.58. The van der Waals surface area contributed by atoms with Crippen molar-refractivity contribution in [3.8, 4) is 5.75 Å². The van der Waals surface area contributed by atoms with Crippen LogP contribution in [0, 0.1) is 13.8 Å². The topological polar surface area (TPSA) is 41.5 Å². The average Bonchev–Trinajstić information content (AvgIpc) is 2.25. The second-order valence-electron chi connectivity index (χ2n) is 4.10. The number of nitrogens with one attached hydrogen (secondary N) is 1. The lowest BCUT2D eigenvalue weighted by molar-refractivity contribution is 0.194. The zero-order valence-electron chi connectivity index (χ0n) is 10.3. The summed E-state index contributed by atoms with van der Waals surface area (Å²) in [6, 6.07) is 4.04. The predicted octanol–water partition coefficient (Wildman–Crippen LogP) is 2.14. The summed E-state index contributed by atoms with van der Waals surface area (Å²) >= 11 is 0. The minimum Gasteiger partial charge on any atom is -0.507 e. The Kier molecular flexibility index (Phi) is 5.29. The molecule has 2 N–H and O–H groups in total. The van der Waals surface area contributed by atoms with Crippen LogP contribution in [0.2, 0.25) is 0 Å². The largest absolute Gasteiger partial charge is 0.507 e. The minimum absolute atomic E-state index is 0.406. The van der Waals surface area contributed by atoms with E-state index in [4.69, 9.17) is 4.74 Å². The molecular formula is C13H21NO2. The van der Waals surface area contributed by atoms with Crippen LogP contribution >= 0.6 is 0 Å². The Balaban J connectivity index is 2.43. The summed E-state index contributed by atoms with van der Waals surface area (Å²) in [5, 5.41) is 13.0. The van der Waals surface area contributed by atoms with E-state index in [-0.39, 0.29) is 0 Å². The number of rotatable bonds is 6. The lowest BCUT2D eigenvalue weighted by Crippen LogP contribution is -2.16. The molecule has 1 aromatic carbocycles. The first-order chi connectivity index (χ1) is 7.65. The van der Waals surface area contributed by atoms with Crippen LogP contribution in [0.3, 0.4) is 0 Å². The van der Waals surface area contributed by atoms with Gasteiger partial charge in [0, 0.05) is 20.3 Å². The molecule has 0 unspecified atom stereocenters. The second kappa shape index (κ2) is 6.51. The Bertz CT molecular complexity index is 314. The fourth-order valence-electron chi connectivity index (χ4n) is 1.72. The molecule has 0 aliphatic carbocycles. The number of hydrogen-bond donors (Lipinski definition) is 2. The first-order valence-electron chi connectivity index (χ1n) is 5.64. The maximum Gasteiger partial charge on any atom is 0.121 e. The van der Waals surface area contributed by atoms with Crippen LogP contribution in [0.4, 0.5) is 0 Å². The van der Waals surface area contributed by atoms with Crippen molar-refractivity contribution in [2.75, 3.05) is 20.3 Å². The number of methoxy groups -OCH3 is 1. The standard InChI is InChI=1S/C13H21NO2/c1-10-7-12(8-11(2)13(10)15)9-14-5-4-6-16-3/h7-8,14-15H,4-6,9H2,1-3H3. The molecule has 0 aliphatic heterocycles. The van der Waals surface area contributed by atoms with Gasteiger partial charge in [0.2, 0.25) is 0 Å². The summed E-state index contributed by atoms with van der Waals surface area (Å²) in [4.78, 5) is 0. The molecule has 1 aromatic rings. The molecule has 0 aliphatic rings. The van der Waals surface area contributed by atoms with Crippen molar-refractivity contribution in [3.05, 3.63) is 28.8 Å². The van der Waals surface area contributed by atoms with Gasteiger partial charge in [-0.05, 0) is 43.5 Å². The van der Waals surface area contributed by atoms with Crippen molar-refractivity contribution < 1.29 is 9.84 Å². The third kappa shape index (κ3) is 3.83. The van der Waals surface area contributed by atoms with Gasteiger partial charge in [-0.3, -0.25) is 0 Å². The van der Waals surface area contributed by atoms with Crippen molar-refractivity contribution in [3.63, 3.8) is 0 Å². The van der Waals surface area contributed by atoms with E-state index in [0.717, 1.165) is 37.2 Å². The molecule has 16 heavy (non-hydrogen) atoms. The maximum atomic E-state index is 9.64. The van der Waals surface area contributed by atoms with Crippen molar-refractivity contribution >= 4 is 0 Å². The van der Waals surface area contributed by atoms with E-state index in [1.165, 1.54) is 5.56 Å². The Morgan fingerprint density at radius 3 is 2.44 bits per heavy atom.